The predicted octanol–water partition coefficient (Wildman–Crippen LogP) is 5.44. The minimum Gasteiger partial charge on any atom is -0.426 e. The summed E-state index contributed by atoms with van der Waals surface area (Å²) in [6, 6.07) is 17.9. The van der Waals surface area contributed by atoms with Gasteiger partial charge in [-0.3, -0.25) is 4.79 Å². The van der Waals surface area contributed by atoms with Crippen LogP contribution in [0.25, 0.3) is 0 Å². The maximum Gasteiger partial charge on any atom is 0.314 e. The van der Waals surface area contributed by atoms with E-state index in [0.717, 1.165) is 11.3 Å². The quantitative estimate of drug-likeness (QED) is 0.402. The number of benzene rings is 2. The van der Waals surface area contributed by atoms with Crippen LogP contribution in [0.5, 0.6) is 5.75 Å². The molecule has 2 aromatic carbocycles. The molecule has 0 radical (unpaired) electrons. The van der Waals surface area contributed by atoms with Crippen LogP contribution in [0.4, 0.5) is 0 Å². The molecule has 2 rings (SSSR count). The second-order valence-corrected chi connectivity index (χ2v) is 6.96. The standard InChI is InChI=1S/C17H18O2S2/c1-3-13(2)17(18)19-14-9-11-16(12-10-14)21-20-15-7-5-4-6-8-15/h4-13H,3H2,1-2H3. The van der Waals surface area contributed by atoms with E-state index in [1.165, 1.54) is 4.90 Å². The van der Waals surface area contributed by atoms with Gasteiger partial charge in [-0.1, -0.05) is 53.6 Å². The molecule has 0 bridgehead atoms. The SMILES string of the molecule is CCC(C)C(=O)Oc1ccc(SSc2ccccc2)cc1. The number of carbonyl (C=O) groups is 1. The summed E-state index contributed by atoms with van der Waals surface area (Å²) in [5, 5.41) is 0. The molecule has 110 valence electrons. The van der Waals surface area contributed by atoms with Crippen molar-refractivity contribution < 1.29 is 9.53 Å². The Kier molecular flexibility index (Phi) is 6.21. The minimum absolute atomic E-state index is 0.0623. The molecule has 0 aliphatic heterocycles. The van der Waals surface area contributed by atoms with Crippen LogP contribution in [0, 0.1) is 5.92 Å². The van der Waals surface area contributed by atoms with Crippen LogP contribution >= 0.6 is 21.6 Å². The summed E-state index contributed by atoms with van der Waals surface area (Å²) in [7, 11) is 3.40. The van der Waals surface area contributed by atoms with Gasteiger partial charge in [-0.2, -0.15) is 0 Å². The highest BCUT2D eigenvalue weighted by atomic mass is 33.1. The molecule has 0 spiro atoms. The largest absolute Gasteiger partial charge is 0.426 e. The summed E-state index contributed by atoms with van der Waals surface area (Å²) in [6.45, 7) is 3.86. The van der Waals surface area contributed by atoms with Gasteiger partial charge in [0.15, 0.2) is 0 Å². The molecule has 0 heterocycles. The van der Waals surface area contributed by atoms with Crippen molar-refractivity contribution in [3.63, 3.8) is 0 Å². The first-order valence-corrected chi connectivity index (χ1v) is 9.05. The summed E-state index contributed by atoms with van der Waals surface area (Å²) in [4.78, 5) is 14.1. The van der Waals surface area contributed by atoms with Crippen LogP contribution in [0.3, 0.4) is 0 Å². The van der Waals surface area contributed by atoms with Gasteiger partial charge in [0, 0.05) is 9.79 Å². The Morgan fingerprint density at radius 2 is 1.57 bits per heavy atom. The van der Waals surface area contributed by atoms with E-state index in [4.69, 9.17) is 4.74 Å². The topological polar surface area (TPSA) is 26.3 Å². The Morgan fingerprint density at radius 3 is 2.14 bits per heavy atom. The third kappa shape index (κ3) is 5.14. The highest BCUT2D eigenvalue weighted by Gasteiger charge is 2.12. The zero-order valence-corrected chi connectivity index (χ0v) is 13.7. The second kappa shape index (κ2) is 8.15. The molecule has 2 nitrogen and oxygen atoms in total. The Labute approximate surface area is 133 Å². The highest BCUT2D eigenvalue weighted by molar-refractivity contribution is 8.76. The maximum absolute atomic E-state index is 11.7. The molecule has 0 saturated heterocycles. The fourth-order valence-corrected chi connectivity index (χ4v) is 3.47. The molecule has 21 heavy (non-hydrogen) atoms. The number of carbonyl (C=O) groups excluding carboxylic acids is 1. The predicted molar refractivity (Wildman–Crippen MR) is 89.7 cm³/mol. The summed E-state index contributed by atoms with van der Waals surface area (Å²) in [5.74, 6) is 0.374. The first-order valence-electron chi connectivity index (χ1n) is 6.90. The Morgan fingerprint density at radius 1 is 1.00 bits per heavy atom. The lowest BCUT2D eigenvalue weighted by molar-refractivity contribution is -0.138. The molecule has 0 aliphatic rings. The second-order valence-electron chi connectivity index (χ2n) is 4.68. The van der Waals surface area contributed by atoms with Gasteiger partial charge in [0.05, 0.1) is 5.92 Å². The van der Waals surface area contributed by atoms with E-state index in [-0.39, 0.29) is 11.9 Å². The van der Waals surface area contributed by atoms with E-state index in [2.05, 4.69) is 12.1 Å². The van der Waals surface area contributed by atoms with Crippen LogP contribution in [0.15, 0.2) is 64.4 Å². The van der Waals surface area contributed by atoms with Crippen LogP contribution in [0.1, 0.15) is 20.3 Å². The van der Waals surface area contributed by atoms with Gasteiger partial charge < -0.3 is 4.74 Å². The smallest absolute Gasteiger partial charge is 0.314 e. The molecule has 0 aromatic heterocycles. The number of ether oxygens (including phenoxy) is 1. The van der Waals surface area contributed by atoms with Crippen molar-refractivity contribution in [2.24, 2.45) is 5.92 Å². The van der Waals surface area contributed by atoms with Gasteiger partial charge in [-0.25, -0.2) is 0 Å². The molecule has 0 saturated carbocycles. The zero-order valence-electron chi connectivity index (χ0n) is 12.1. The molecule has 4 heteroatoms. The molecule has 1 unspecified atom stereocenters. The molecule has 0 amide bonds. The lowest BCUT2D eigenvalue weighted by Crippen LogP contribution is -2.16. The van der Waals surface area contributed by atoms with Crippen LogP contribution in [-0.2, 0) is 4.79 Å². The average molecular weight is 318 g/mol. The Balaban J connectivity index is 1.88. The highest BCUT2D eigenvalue weighted by Crippen LogP contribution is 2.37. The summed E-state index contributed by atoms with van der Waals surface area (Å²) >= 11 is 0. The lowest BCUT2D eigenvalue weighted by Gasteiger charge is -2.09. The number of esters is 1. The fraction of sp³-hybridized carbons (Fsp3) is 0.235. The van der Waals surface area contributed by atoms with E-state index in [9.17, 15) is 4.79 Å². The van der Waals surface area contributed by atoms with Gasteiger partial charge in [0.1, 0.15) is 5.75 Å². The van der Waals surface area contributed by atoms with Crippen molar-refractivity contribution in [2.45, 2.75) is 30.1 Å². The normalized spacial score (nSPS) is 11.9. The van der Waals surface area contributed by atoms with Crippen LogP contribution in [0.2, 0.25) is 0 Å². The number of rotatable bonds is 6. The van der Waals surface area contributed by atoms with Crippen molar-refractivity contribution in [1.82, 2.24) is 0 Å². The number of hydrogen-bond donors (Lipinski definition) is 0. The van der Waals surface area contributed by atoms with Crippen molar-refractivity contribution in [2.75, 3.05) is 0 Å². The zero-order chi connectivity index (χ0) is 15.1. The fourth-order valence-electron chi connectivity index (χ4n) is 1.52. The third-order valence-corrected chi connectivity index (χ3v) is 5.45. The van der Waals surface area contributed by atoms with Crippen molar-refractivity contribution in [1.29, 1.82) is 0 Å². The average Bonchev–Trinajstić information content (AvgIpc) is 2.54. The molecule has 2 aromatic rings. The van der Waals surface area contributed by atoms with Crippen molar-refractivity contribution in [3.05, 3.63) is 54.6 Å². The van der Waals surface area contributed by atoms with Gasteiger partial charge in [0.25, 0.3) is 0 Å². The Bertz CT molecular complexity index is 567. The van der Waals surface area contributed by atoms with E-state index >= 15 is 0 Å². The molecular formula is C17H18O2S2. The molecular weight excluding hydrogens is 300 g/mol. The van der Waals surface area contributed by atoms with Gasteiger partial charge in [-0.05, 0) is 42.8 Å². The third-order valence-electron chi connectivity index (χ3n) is 3.03. The molecule has 1 atom stereocenters. The molecule has 0 fully saturated rings. The van der Waals surface area contributed by atoms with Crippen LogP contribution in [-0.4, -0.2) is 5.97 Å². The lowest BCUT2D eigenvalue weighted by atomic mass is 10.1. The van der Waals surface area contributed by atoms with Gasteiger partial charge in [-0.15, -0.1) is 0 Å². The van der Waals surface area contributed by atoms with E-state index < -0.39 is 0 Å². The Hall–Kier alpha value is -1.39. The number of hydrogen-bond acceptors (Lipinski definition) is 4. The monoisotopic (exact) mass is 318 g/mol. The van der Waals surface area contributed by atoms with E-state index in [0.29, 0.717) is 5.75 Å². The molecule has 0 N–H and O–H groups in total. The van der Waals surface area contributed by atoms with Crippen molar-refractivity contribution in [3.8, 4) is 5.75 Å². The summed E-state index contributed by atoms with van der Waals surface area (Å²) in [6.07, 6.45) is 0.792. The molecule has 0 aliphatic carbocycles. The first kappa shape index (κ1) is 16.0. The first-order chi connectivity index (χ1) is 10.2. The summed E-state index contributed by atoms with van der Waals surface area (Å²) in [5.41, 5.74) is 0. The van der Waals surface area contributed by atoms with Crippen molar-refractivity contribution >= 4 is 27.6 Å². The maximum atomic E-state index is 11.7. The summed E-state index contributed by atoms with van der Waals surface area (Å²) < 4.78 is 5.33. The van der Waals surface area contributed by atoms with Crippen LogP contribution < -0.4 is 4.74 Å². The van der Waals surface area contributed by atoms with Gasteiger partial charge >= 0.3 is 5.97 Å². The van der Waals surface area contributed by atoms with E-state index in [1.54, 1.807) is 21.6 Å². The van der Waals surface area contributed by atoms with E-state index in [1.807, 2.05) is 56.3 Å². The van der Waals surface area contributed by atoms with Gasteiger partial charge in [0.2, 0.25) is 0 Å². The minimum atomic E-state index is -0.170.